The highest BCUT2D eigenvalue weighted by Crippen LogP contribution is 2.19. The molecule has 5 nitrogen and oxygen atoms in total. The van der Waals surface area contributed by atoms with Crippen LogP contribution < -0.4 is 0 Å². The fourth-order valence-electron chi connectivity index (χ4n) is 1.40. The molecule has 0 unspecified atom stereocenters. The highest BCUT2D eigenvalue weighted by Gasteiger charge is 2.20. The van der Waals surface area contributed by atoms with Gasteiger partial charge in [0.05, 0.1) is 12.7 Å². The van der Waals surface area contributed by atoms with E-state index in [2.05, 4.69) is 4.74 Å². The summed E-state index contributed by atoms with van der Waals surface area (Å²) in [6, 6.07) is 3.06. The van der Waals surface area contributed by atoms with Crippen molar-refractivity contribution >= 4 is 11.9 Å². The number of esters is 1. The summed E-state index contributed by atoms with van der Waals surface area (Å²) < 4.78 is 17.5. The molecule has 0 aliphatic carbocycles. The number of carbonyl (C=O) groups is 2. The number of aromatic hydroxyl groups is 1. The highest BCUT2D eigenvalue weighted by atomic mass is 19.1. The minimum absolute atomic E-state index is 0.180. The third kappa shape index (κ3) is 3.19. The maximum atomic E-state index is 13.0. The Hall–Kier alpha value is -2.11. The fraction of sp³-hybridized carbons (Fsp3) is 0.333. The largest absolute Gasteiger partial charge is 0.507 e. The molecule has 0 aliphatic rings. The van der Waals surface area contributed by atoms with Gasteiger partial charge in [-0.05, 0) is 25.1 Å². The van der Waals surface area contributed by atoms with Gasteiger partial charge in [0.2, 0.25) is 0 Å². The first kappa shape index (κ1) is 14.0. The molecular formula is C12H14FNO4. The molecular weight excluding hydrogens is 241 g/mol. The number of hydrogen-bond acceptors (Lipinski definition) is 4. The normalized spacial score (nSPS) is 9.94. The van der Waals surface area contributed by atoms with Crippen LogP contribution >= 0.6 is 0 Å². The average molecular weight is 255 g/mol. The van der Waals surface area contributed by atoms with Crippen molar-refractivity contribution < 1.29 is 23.8 Å². The topological polar surface area (TPSA) is 66.8 Å². The predicted molar refractivity (Wildman–Crippen MR) is 61.7 cm³/mol. The van der Waals surface area contributed by atoms with Crippen molar-refractivity contribution in [3.05, 3.63) is 29.6 Å². The Morgan fingerprint density at radius 2 is 2.11 bits per heavy atom. The lowest BCUT2D eigenvalue weighted by Crippen LogP contribution is -2.36. The summed E-state index contributed by atoms with van der Waals surface area (Å²) in [6.07, 6.45) is 0. The minimum atomic E-state index is -0.634. The molecule has 1 aromatic carbocycles. The van der Waals surface area contributed by atoms with Gasteiger partial charge >= 0.3 is 5.97 Å². The van der Waals surface area contributed by atoms with E-state index >= 15 is 0 Å². The van der Waals surface area contributed by atoms with E-state index in [1.54, 1.807) is 6.92 Å². The number of ether oxygens (including phenoxy) is 1. The van der Waals surface area contributed by atoms with E-state index in [9.17, 15) is 19.1 Å². The Bertz CT molecular complexity index is 461. The van der Waals surface area contributed by atoms with Crippen molar-refractivity contribution in [3.8, 4) is 5.75 Å². The summed E-state index contributed by atoms with van der Waals surface area (Å²) in [5, 5.41) is 9.51. The molecule has 0 bridgehead atoms. The number of benzene rings is 1. The molecule has 0 saturated heterocycles. The highest BCUT2D eigenvalue weighted by molar-refractivity contribution is 5.98. The second kappa shape index (κ2) is 6.00. The van der Waals surface area contributed by atoms with Crippen molar-refractivity contribution in [2.24, 2.45) is 0 Å². The van der Waals surface area contributed by atoms with Crippen molar-refractivity contribution in [1.82, 2.24) is 4.90 Å². The van der Waals surface area contributed by atoms with Crippen LogP contribution in [0.15, 0.2) is 18.2 Å². The number of likely N-dealkylation sites (N-methyl/N-ethyl adjacent to an activating group) is 1. The van der Waals surface area contributed by atoms with Crippen molar-refractivity contribution in [2.75, 3.05) is 20.2 Å². The summed E-state index contributed by atoms with van der Waals surface area (Å²) >= 11 is 0. The molecule has 18 heavy (non-hydrogen) atoms. The van der Waals surface area contributed by atoms with Crippen LogP contribution in [0.3, 0.4) is 0 Å². The minimum Gasteiger partial charge on any atom is -0.507 e. The van der Waals surface area contributed by atoms with Crippen LogP contribution in [-0.4, -0.2) is 42.1 Å². The SMILES string of the molecule is CCN(CC(=O)OC)C(=O)c1cc(F)ccc1O. The number of phenols is 1. The molecule has 0 atom stereocenters. The van der Waals surface area contributed by atoms with E-state index in [4.69, 9.17) is 0 Å². The van der Waals surface area contributed by atoms with Crippen LogP contribution in [0.4, 0.5) is 4.39 Å². The van der Waals surface area contributed by atoms with Crippen molar-refractivity contribution in [1.29, 1.82) is 0 Å². The Balaban J connectivity index is 2.96. The van der Waals surface area contributed by atoms with Crippen molar-refractivity contribution in [3.63, 3.8) is 0 Å². The lowest BCUT2D eigenvalue weighted by Gasteiger charge is -2.19. The second-order valence-corrected chi connectivity index (χ2v) is 3.56. The van der Waals surface area contributed by atoms with Gasteiger partial charge in [-0.3, -0.25) is 9.59 Å². The molecule has 1 rings (SSSR count). The number of phenolic OH excluding ortho intramolecular Hbond substituents is 1. The van der Waals surface area contributed by atoms with Gasteiger partial charge in [0.15, 0.2) is 0 Å². The van der Waals surface area contributed by atoms with Crippen LogP contribution in [0.25, 0.3) is 0 Å². The zero-order chi connectivity index (χ0) is 13.7. The van der Waals surface area contributed by atoms with Gasteiger partial charge in [0.1, 0.15) is 18.1 Å². The number of carbonyl (C=O) groups excluding carboxylic acids is 2. The standard InChI is InChI=1S/C12H14FNO4/c1-3-14(7-11(16)18-2)12(17)9-6-8(13)4-5-10(9)15/h4-6,15H,3,7H2,1-2H3. The smallest absolute Gasteiger partial charge is 0.325 e. The average Bonchev–Trinajstić information content (AvgIpc) is 2.37. The van der Waals surface area contributed by atoms with Gasteiger partial charge in [0, 0.05) is 6.54 Å². The lowest BCUT2D eigenvalue weighted by atomic mass is 10.1. The molecule has 0 aliphatic heterocycles. The molecule has 0 fully saturated rings. The van der Waals surface area contributed by atoms with E-state index in [0.29, 0.717) is 0 Å². The van der Waals surface area contributed by atoms with Crippen LogP contribution in [0.5, 0.6) is 5.75 Å². The summed E-state index contributed by atoms with van der Waals surface area (Å²) in [6.45, 7) is 1.66. The Kier molecular flexibility index (Phi) is 4.65. The maximum absolute atomic E-state index is 13.0. The summed E-state index contributed by atoms with van der Waals surface area (Å²) in [7, 11) is 1.21. The third-order valence-electron chi connectivity index (χ3n) is 2.41. The summed E-state index contributed by atoms with van der Waals surface area (Å²) in [5.74, 6) is -2.17. The molecule has 1 amide bonds. The predicted octanol–water partition coefficient (Wildman–Crippen LogP) is 1.17. The Morgan fingerprint density at radius 3 is 2.67 bits per heavy atom. The van der Waals surface area contributed by atoms with E-state index in [-0.39, 0.29) is 24.4 Å². The van der Waals surface area contributed by atoms with E-state index < -0.39 is 17.7 Å². The Morgan fingerprint density at radius 1 is 1.44 bits per heavy atom. The van der Waals surface area contributed by atoms with Gasteiger partial charge in [-0.1, -0.05) is 0 Å². The van der Waals surface area contributed by atoms with E-state index in [0.717, 1.165) is 23.1 Å². The van der Waals surface area contributed by atoms with Crippen LogP contribution in [-0.2, 0) is 9.53 Å². The van der Waals surface area contributed by atoms with Gasteiger partial charge in [-0.2, -0.15) is 0 Å². The van der Waals surface area contributed by atoms with Crippen LogP contribution in [0, 0.1) is 5.82 Å². The van der Waals surface area contributed by atoms with E-state index in [1.165, 1.54) is 7.11 Å². The number of nitrogens with zero attached hydrogens (tertiary/aromatic N) is 1. The molecule has 0 heterocycles. The van der Waals surface area contributed by atoms with Gasteiger partial charge in [-0.15, -0.1) is 0 Å². The number of halogens is 1. The molecule has 0 radical (unpaired) electrons. The number of hydrogen-bond donors (Lipinski definition) is 1. The molecule has 0 spiro atoms. The zero-order valence-electron chi connectivity index (χ0n) is 10.1. The third-order valence-corrected chi connectivity index (χ3v) is 2.41. The monoisotopic (exact) mass is 255 g/mol. The lowest BCUT2D eigenvalue weighted by molar-refractivity contribution is -0.141. The zero-order valence-corrected chi connectivity index (χ0v) is 10.1. The van der Waals surface area contributed by atoms with Crippen molar-refractivity contribution in [2.45, 2.75) is 6.92 Å². The number of amides is 1. The molecule has 0 aromatic heterocycles. The van der Waals surface area contributed by atoms with Gasteiger partial charge in [0.25, 0.3) is 5.91 Å². The van der Waals surface area contributed by atoms with Gasteiger partial charge < -0.3 is 14.7 Å². The summed E-state index contributed by atoms with van der Waals surface area (Å²) in [4.78, 5) is 24.3. The fourth-order valence-corrected chi connectivity index (χ4v) is 1.40. The molecule has 0 saturated carbocycles. The molecule has 98 valence electrons. The van der Waals surface area contributed by atoms with E-state index in [1.807, 2.05) is 0 Å². The van der Waals surface area contributed by atoms with Crippen LogP contribution in [0.1, 0.15) is 17.3 Å². The molecule has 1 N–H and O–H groups in total. The quantitative estimate of drug-likeness (QED) is 0.820. The second-order valence-electron chi connectivity index (χ2n) is 3.56. The first-order chi connectivity index (χ1) is 8.49. The molecule has 1 aromatic rings. The maximum Gasteiger partial charge on any atom is 0.325 e. The van der Waals surface area contributed by atoms with Gasteiger partial charge in [-0.25, -0.2) is 4.39 Å². The first-order valence-electron chi connectivity index (χ1n) is 5.34. The summed E-state index contributed by atoms with van der Waals surface area (Å²) in [5.41, 5.74) is -0.180. The number of rotatable bonds is 4. The first-order valence-corrected chi connectivity index (χ1v) is 5.34. The Labute approximate surface area is 104 Å². The molecule has 6 heteroatoms. The number of methoxy groups -OCH3 is 1. The van der Waals surface area contributed by atoms with Crippen LogP contribution in [0.2, 0.25) is 0 Å².